The van der Waals surface area contributed by atoms with Gasteiger partial charge in [-0.05, 0) is 12.1 Å². The lowest BCUT2D eigenvalue weighted by atomic mass is 10.3. The molecule has 66 valence electrons. The van der Waals surface area contributed by atoms with Crippen LogP contribution < -0.4 is 11.1 Å². The van der Waals surface area contributed by atoms with Crippen LogP contribution in [0, 0.1) is 0 Å². The Labute approximate surface area is 79.6 Å². The molecule has 2 rings (SSSR count). The number of nitrogens with two attached hydrogens (primary N) is 1. The fourth-order valence-corrected chi connectivity index (χ4v) is 1.33. The van der Waals surface area contributed by atoms with Gasteiger partial charge in [0.1, 0.15) is 0 Å². The van der Waals surface area contributed by atoms with Crippen molar-refractivity contribution in [3.05, 3.63) is 30.3 Å². The Hall–Kier alpha value is -1.62. The van der Waals surface area contributed by atoms with Crippen LogP contribution >= 0.6 is 11.5 Å². The van der Waals surface area contributed by atoms with Gasteiger partial charge in [0.2, 0.25) is 11.1 Å². The molecule has 1 aromatic heterocycles. The highest BCUT2D eigenvalue weighted by atomic mass is 32.1. The Morgan fingerprint density at radius 1 is 1.23 bits per heavy atom. The summed E-state index contributed by atoms with van der Waals surface area (Å²) in [5.41, 5.74) is 6.40. The van der Waals surface area contributed by atoms with Gasteiger partial charge in [-0.1, -0.05) is 18.2 Å². The third kappa shape index (κ3) is 1.94. The average molecular weight is 192 g/mol. The zero-order chi connectivity index (χ0) is 9.10. The number of nitrogen functional groups attached to an aromatic ring is 1. The lowest BCUT2D eigenvalue weighted by molar-refractivity contribution is 1.31. The summed E-state index contributed by atoms with van der Waals surface area (Å²) >= 11 is 1.18. The predicted octanol–water partition coefficient (Wildman–Crippen LogP) is 1.86. The third-order valence-corrected chi connectivity index (χ3v) is 2.01. The van der Waals surface area contributed by atoms with Crippen molar-refractivity contribution < 1.29 is 0 Å². The lowest BCUT2D eigenvalue weighted by Gasteiger charge is -1.98. The van der Waals surface area contributed by atoms with E-state index >= 15 is 0 Å². The van der Waals surface area contributed by atoms with Crippen LogP contribution in [0.4, 0.5) is 16.8 Å². The normalized spacial score (nSPS) is 9.85. The number of hydrogen-bond acceptors (Lipinski definition) is 5. The molecule has 0 aliphatic carbocycles. The van der Waals surface area contributed by atoms with Crippen LogP contribution in [0.5, 0.6) is 0 Å². The highest BCUT2D eigenvalue weighted by Gasteiger charge is 1.99. The minimum atomic E-state index is 0.471. The van der Waals surface area contributed by atoms with E-state index in [9.17, 15) is 0 Å². The first-order valence-corrected chi connectivity index (χ1v) is 4.53. The summed E-state index contributed by atoms with van der Waals surface area (Å²) in [7, 11) is 0. The summed E-state index contributed by atoms with van der Waals surface area (Å²) < 4.78 is 4.01. The van der Waals surface area contributed by atoms with E-state index in [1.54, 1.807) is 0 Å². The van der Waals surface area contributed by atoms with Crippen LogP contribution in [0.1, 0.15) is 0 Å². The second-order valence-corrected chi connectivity index (χ2v) is 3.23. The van der Waals surface area contributed by atoms with Gasteiger partial charge in [0.25, 0.3) is 0 Å². The molecular weight excluding hydrogens is 184 g/mol. The lowest BCUT2D eigenvalue weighted by Crippen LogP contribution is -1.91. The molecule has 0 unspecified atom stereocenters. The van der Waals surface area contributed by atoms with Crippen molar-refractivity contribution >= 4 is 28.3 Å². The molecule has 1 heterocycles. The first-order chi connectivity index (χ1) is 6.34. The Balaban J connectivity index is 2.15. The zero-order valence-electron chi connectivity index (χ0n) is 6.77. The number of rotatable bonds is 2. The molecule has 0 saturated heterocycles. The van der Waals surface area contributed by atoms with Crippen molar-refractivity contribution in [3.8, 4) is 0 Å². The molecule has 5 heteroatoms. The van der Waals surface area contributed by atoms with Crippen molar-refractivity contribution in [2.45, 2.75) is 0 Å². The molecule has 4 nitrogen and oxygen atoms in total. The topological polar surface area (TPSA) is 63.8 Å². The van der Waals surface area contributed by atoms with Crippen LogP contribution in [-0.2, 0) is 0 Å². The largest absolute Gasteiger partial charge is 0.374 e. The summed E-state index contributed by atoms with van der Waals surface area (Å²) in [4.78, 5) is 3.98. The van der Waals surface area contributed by atoms with E-state index < -0.39 is 0 Å². The number of nitrogens with zero attached hydrogens (tertiary/aromatic N) is 2. The van der Waals surface area contributed by atoms with Crippen molar-refractivity contribution in [1.82, 2.24) is 9.36 Å². The van der Waals surface area contributed by atoms with Crippen molar-refractivity contribution in [1.29, 1.82) is 0 Å². The number of benzene rings is 1. The summed E-state index contributed by atoms with van der Waals surface area (Å²) in [5.74, 6) is 0.550. The molecular formula is C8H8N4S. The van der Waals surface area contributed by atoms with E-state index in [0.29, 0.717) is 11.1 Å². The maximum Gasteiger partial charge on any atom is 0.240 e. The summed E-state index contributed by atoms with van der Waals surface area (Å²) in [6.45, 7) is 0. The summed E-state index contributed by atoms with van der Waals surface area (Å²) in [5, 5.41) is 3.50. The van der Waals surface area contributed by atoms with E-state index in [-0.39, 0.29) is 0 Å². The van der Waals surface area contributed by atoms with Crippen LogP contribution in [0.25, 0.3) is 0 Å². The van der Waals surface area contributed by atoms with Gasteiger partial charge in [-0.25, -0.2) is 0 Å². The van der Waals surface area contributed by atoms with Gasteiger partial charge in [0.15, 0.2) is 0 Å². The monoisotopic (exact) mass is 192 g/mol. The van der Waals surface area contributed by atoms with E-state index in [1.165, 1.54) is 11.5 Å². The minimum absolute atomic E-state index is 0.471. The SMILES string of the molecule is Nc1nc(Nc2ccccc2)ns1. The maximum absolute atomic E-state index is 5.44. The number of aromatic nitrogens is 2. The average Bonchev–Trinajstić information content (AvgIpc) is 2.53. The molecule has 0 saturated carbocycles. The first kappa shape index (κ1) is 8.00. The van der Waals surface area contributed by atoms with Crippen molar-refractivity contribution in [2.24, 2.45) is 0 Å². The van der Waals surface area contributed by atoms with Crippen molar-refractivity contribution in [2.75, 3.05) is 11.1 Å². The van der Waals surface area contributed by atoms with E-state index in [2.05, 4.69) is 14.7 Å². The van der Waals surface area contributed by atoms with Gasteiger partial charge >= 0.3 is 0 Å². The molecule has 2 aromatic rings. The predicted molar refractivity (Wildman–Crippen MR) is 54.0 cm³/mol. The van der Waals surface area contributed by atoms with Gasteiger partial charge in [-0.3, -0.25) is 0 Å². The third-order valence-electron chi connectivity index (χ3n) is 1.47. The van der Waals surface area contributed by atoms with Crippen LogP contribution in [0.2, 0.25) is 0 Å². The molecule has 0 bridgehead atoms. The summed E-state index contributed by atoms with van der Waals surface area (Å²) in [6, 6.07) is 9.72. The molecule has 0 amide bonds. The number of hydrogen-bond donors (Lipinski definition) is 2. The highest BCUT2D eigenvalue weighted by molar-refractivity contribution is 7.09. The zero-order valence-corrected chi connectivity index (χ0v) is 7.58. The highest BCUT2D eigenvalue weighted by Crippen LogP contribution is 2.15. The van der Waals surface area contributed by atoms with E-state index in [1.807, 2.05) is 30.3 Å². The first-order valence-electron chi connectivity index (χ1n) is 3.76. The quantitative estimate of drug-likeness (QED) is 0.762. The maximum atomic E-state index is 5.44. The standard InChI is InChI=1S/C8H8N4S/c9-7-11-8(12-13-7)10-6-4-2-1-3-5-6/h1-5H,(H3,9,10,11,12). The number of anilines is 3. The Morgan fingerprint density at radius 2 is 2.00 bits per heavy atom. The molecule has 13 heavy (non-hydrogen) atoms. The minimum Gasteiger partial charge on any atom is -0.374 e. The Morgan fingerprint density at radius 3 is 2.62 bits per heavy atom. The van der Waals surface area contributed by atoms with Crippen LogP contribution in [-0.4, -0.2) is 9.36 Å². The van der Waals surface area contributed by atoms with Gasteiger partial charge < -0.3 is 11.1 Å². The molecule has 0 aliphatic heterocycles. The fraction of sp³-hybridized carbons (Fsp3) is 0. The molecule has 0 spiro atoms. The number of para-hydroxylation sites is 1. The second kappa shape index (κ2) is 3.40. The molecule has 0 atom stereocenters. The molecule has 0 aliphatic rings. The van der Waals surface area contributed by atoms with Gasteiger partial charge in [-0.15, -0.1) is 0 Å². The van der Waals surface area contributed by atoms with Gasteiger partial charge in [0, 0.05) is 17.2 Å². The molecule has 3 N–H and O–H groups in total. The Kier molecular flexibility index (Phi) is 2.09. The van der Waals surface area contributed by atoms with E-state index in [0.717, 1.165) is 5.69 Å². The molecule has 0 fully saturated rings. The van der Waals surface area contributed by atoms with Gasteiger partial charge in [-0.2, -0.15) is 9.36 Å². The number of nitrogens with one attached hydrogen (secondary N) is 1. The molecule has 0 radical (unpaired) electrons. The van der Waals surface area contributed by atoms with Gasteiger partial charge in [0.05, 0.1) is 0 Å². The van der Waals surface area contributed by atoms with Crippen LogP contribution in [0.15, 0.2) is 30.3 Å². The van der Waals surface area contributed by atoms with Crippen molar-refractivity contribution in [3.63, 3.8) is 0 Å². The van der Waals surface area contributed by atoms with Crippen LogP contribution in [0.3, 0.4) is 0 Å². The summed E-state index contributed by atoms with van der Waals surface area (Å²) in [6.07, 6.45) is 0. The second-order valence-electron chi connectivity index (χ2n) is 2.45. The smallest absolute Gasteiger partial charge is 0.240 e. The molecule has 1 aromatic carbocycles. The fourth-order valence-electron chi connectivity index (χ4n) is 0.937. The van der Waals surface area contributed by atoms with E-state index in [4.69, 9.17) is 5.73 Å². The Bertz CT molecular complexity index is 384.